The van der Waals surface area contributed by atoms with E-state index in [1.54, 1.807) is 19.2 Å². The van der Waals surface area contributed by atoms with Crippen molar-refractivity contribution in [3.05, 3.63) is 42.0 Å². The number of carbonyl (C=O) groups is 2. The van der Waals surface area contributed by atoms with Crippen LogP contribution in [0.3, 0.4) is 0 Å². The number of hydrogen-bond acceptors (Lipinski definition) is 5. The number of hydrogen-bond donors (Lipinski definition) is 0. The summed E-state index contributed by atoms with van der Waals surface area (Å²) in [6, 6.07) is 11.0. The standard InChI is InChI=1S/C15H12O5/c1-18-12-7-6-11(9-4-2-3-5-10(9)12)15-19-13(16)8-14(17)20-15/h2-7,15H,8H2,1H3. The molecule has 5 heteroatoms. The number of benzene rings is 2. The van der Waals surface area contributed by atoms with Crippen LogP contribution in [-0.2, 0) is 19.1 Å². The van der Waals surface area contributed by atoms with Crippen molar-refractivity contribution in [2.45, 2.75) is 12.7 Å². The van der Waals surface area contributed by atoms with Crippen LogP contribution in [0, 0.1) is 0 Å². The van der Waals surface area contributed by atoms with Crippen LogP contribution in [0.25, 0.3) is 10.8 Å². The van der Waals surface area contributed by atoms with Crippen molar-refractivity contribution in [2.24, 2.45) is 0 Å². The fraction of sp³-hybridized carbons (Fsp3) is 0.200. The molecule has 0 aliphatic carbocycles. The molecule has 0 bridgehead atoms. The number of methoxy groups -OCH3 is 1. The van der Waals surface area contributed by atoms with Crippen molar-refractivity contribution in [1.29, 1.82) is 0 Å². The molecular weight excluding hydrogens is 260 g/mol. The molecule has 0 radical (unpaired) electrons. The molecule has 0 saturated carbocycles. The van der Waals surface area contributed by atoms with Gasteiger partial charge in [-0.05, 0) is 17.5 Å². The second-order valence-electron chi connectivity index (χ2n) is 4.39. The second kappa shape index (κ2) is 4.85. The van der Waals surface area contributed by atoms with E-state index in [0.29, 0.717) is 11.3 Å². The van der Waals surface area contributed by atoms with Crippen molar-refractivity contribution < 1.29 is 23.8 Å². The van der Waals surface area contributed by atoms with Gasteiger partial charge in [-0.2, -0.15) is 0 Å². The van der Waals surface area contributed by atoms with Gasteiger partial charge >= 0.3 is 11.9 Å². The minimum Gasteiger partial charge on any atom is -0.496 e. The van der Waals surface area contributed by atoms with Crippen LogP contribution in [0.1, 0.15) is 18.3 Å². The highest BCUT2D eigenvalue weighted by Crippen LogP contribution is 2.34. The molecule has 0 aromatic heterocycles. The second-order valence-corrected chi connectivity index (χ2v) is 4.39. The summed E-state index contributed by atoms with van der Waals surface area (Å²) in [5.74, 6) is -0.449. The molecule has 20 heavy (non-hydrogen) atoms. The first-order valence-corrected chi connectivity index (χ1v) is 6.13. The smallest absolute Gasteiger partial charge is 0.320 e. The summed E-state index contributed by atoms with van der Waals surface area (Å²) in [4.78, 5) is 22.7. The van der Waals surface area contributed by atoms with Crippen molar-refractivity contribution in [1.82, 2.24) is 0 Å². The van der Waals surface area contributed by atoms with E-state index in [9.17, 15) is 9.59 Å². The van der Waals surface area contributed by atoms with E-state index >= 15 is 0 Å². The lowest BCUT2D eigenvalue weighted by molar-refractivity contribution is -0.204. The SMILES string of the molecule is COc1ccc(C2OC(=O)CC(=O)O2)c2ccccc12. The highest BCUT2D eigenvalue weighted by atomic mass is 16.7. The zero-order valence-electron chi connectivity index (χ0n) is 10.8. The first kappa shape index (κ1) is 12.5. The summed E-state index contributed by atoms with van der Waals surface area (Å²) >= 11 is 0. The summed E-state index contributed by atoms with van der Waals surface area (Å²) in [5.41, 5.74) is 0.628. The van der Waals surface area contributed by atoms with E-state index in [1.165, 1.54) is 0 Å². The Kier molecular flexibility index (Phi) is 3.02. The zero-order valence-corrected chi connectivity index (χ0v) is 10.8. The Bertz CT molecular complexity index is 676. The topological polar surface area (TPSA) is 61.8 Å². The number of carbonyl (C=O) groups excluding carboxylic acids is 2. The maximum atomic E-state index is 11.4. The molecule has 1 heterocycles. The number of ether oxygens (including phenoxy) is 3. The molecule has 3 rings (SSSR count). The minimum atomic E-state index is -1.00. The molecule has 1 aliphatic heterocycles. The molecule has 1 saturated heterocycles. The first-order valence-electron chi connectivity index (χ1n) is 6.13. The third kappa shape index (κ3) is 2.07. The molecule has 1 fully saturated rings. The van der Waals surface area contributed by atoms with Crippen LogP contribution in [0.2, 0.25) is 0 Å². The summed E-state index contributed by atoms with van der Waals surface area (Å²) in [6.07, 6.45) is -1.34. The third-order valence-corrected chi connectivity index (χ3v) is 3.16. The maximum absolute atomic E-state index is 11.4. The van der Waals surface area contributed by atoms with Crippen LogP contribution in [0.4, 0.5) is 0 Å². The van der Waals surface area contributed by atoms with Gasteiger partial charge in [-0.15, -0.1) is 0 Å². The van der Waals surface area contributed by atoms with E-state index in [1.807, 2.05) is 24.3 Å². The molecule has 0 amide bonds. The van der Waals surface area contributed by atoms with Crippen molar-refractivity contribution >= 4 is 22.7 Å². The van der Waals surface area contributed by atoms with Gasteiger partial charge in [0, 0.05) is 10.9 Å². The monoisotopic (exact) mass is 272 g/mol. The number of esters is 2. The Hall–Kier alpha value is -2.56. The number of fused-ring (bicyclic) bond motifs is 1. The third-order valence-electron chi connectivity index (χ3n) is 3.16. The van der Waals surface area contributed by atoms with Crippen molar-refractivity contribution in [3.8, 4) is 5.75 Å². The van der Waals surface area contributed by atoms with Crippen molar-refractivity contribution in [2.75, 3.05) is 7.11 Å². The number of cyclic esters (lactones) is 2. The molecule has 2 aromatic carbocycles. The highest BCUT2D eigenvalue weighted by molar-refractivity contribution is 5.95. The van der Waals surface area contributed by atoms with E-state index in [-0.39, 0.29) is 6.42 Å². The van der Waals surface area contributed by atoms with E-state index in [4.69, 9.17) is 14.2 Å². The van der Waals surface area contributed by atoms with E-state index in [2.05, 4.69) is 0 Å². The van der Waals surface area contributed by atoms with Crippen LogP contribution in [0.15, 0.2) is 36.4 Å². The van der Waals surface area contributed by atoms with Gasteiger partial charge in [0.1, 0.15) is 12.2 Å². The van der Waals surface area contributed by atoms with Crippen LogP contribution >= 0.6 is 0 Å². The summed E-state index contributed by atoms with van der Waals surface area (Å²) in [5, 5.41) is 1.68. The summed E-state index contributed by atoms with van der Waals surface area (Å²) in [6.45, 7) is 0. The fourth-order valence-corrected chi connectivity index (χ4v) is 2.27. The molecule has 5 nitrogen and oxygen atoms in total. The van der Waals surface area contributed by atoms with Crippen molar-refractivity contribution in [3.63, 3.8) is 0 Å². The average Bonchev–Trinajstić information content (AvgIpc) is 2.45. The highest BCUT2D eigenvalue weighted by Gasteiger charge is 2.30. The average molecular weight is 272 g/mol. The van der Waals surface area contributed by atoms with Gasteiger partial charge in [-0.1, -0.05) is 24.3 Å². The Balaban J connectivity index is 2.12. The molecule has 0 atom stereocenters. The normalized spacial score (nSPS) is 15.8. The maximum Gasteiger partial charge on any atom is 0.320 e. The number of rotatable bonds is 2. The lowest BCUT2D eigenvalue weighted by atomic mass is 10.0. The molecular formula is C15H12O5. The molecule has 102 valence electrons. The Labute approximate surface area is 115 Å². The molecule has 0 N–H and O–H groups in total. The summed E-state index contributed by atoms with van der Waals surface area (Å²) in [7, 11) is 1.59. The van der Waals surface area contributed by atoms with Gasteiger partial charge in [0.15, 0.2) is 0 Å². The van der Waals surface area contributed by atoms with E-state index < -0.39 is 18.2 Å². The van der Waals surface area contributed by atoms with Gasteiger partial charge in [0.05, 0.1) is 7.11 Å². The predicted molar refractivity (Wildman–Crippen MR) is 70.0 cm³/mol. The van der Waals surface area contributed by atoms with Gasteiger partial charge in [0.25, 0.3) is 6.29 Å². The van der Waals surface area contributed by atoms with Gasteiger partial charge < -0.3 is 14.2 Å². The predicted octanol–water partition coefficient (Wildman–Crippen LogP) is 2.34. The Morgan fingerprint density at radius 3 is 2.30 bits per heavy atom. The Morgan fingerprint density at radius 1 is 1.00 bits per heavy atom. The largest absolute Gasteiger partial charge is 0.496 e. The van der Waals surface area contributed by atoms with Crippen LogP contribution in [0.5, 0.6) is 5.75 Å². The first-order chi connectivity index (χ1) is 9.69. The Morgan fingerprint density at radius 2 is 1.65 bits per heavy atom. The molecule has 1 aliphatic rings. The van der Waals surface area contributed by atoms with Gasteiger partial charge in [0.2, 0.25) is 0 Å². The van der Waals surface area contributed by atoms with E-state index in [0.717, 1.165) is 10.8 Å². The quantitative estimate of drug-likeness (QED) is 0.620. The van der Waals surface area contributed by atoms with Gasteiger partial charge in [-0.25, -0.2) is 0 Å². The minimum absolute atomic E-state index is 0.343. The molecule has 0 spiro atoms. The van der Waals surface area contributed by atoms with Gasteiger partial charge in [-0.3, -0.25) is 9.59 Å². The molecule has 2 aromatic rings. The molecule has 0 unspecified atom stereocenters. The fourth-order valence-electron chi connectivity index (χ4n) is 2.27. The summed E-state index contributed by atoms with van der Waals surface area (Å²) < 4.78 is 15.5. The lowest BCUT2D eigenvalue weighted by Gasteiger charge is -2.23. The van der Waals surface area contributed by atoms with Crippen LogP contribution < -0.4 is 4.74 Å². The van der Waals surface area contributed by atoms with Crippen LogP contribution in [-0.4, -0.2) is 19.0 Å². The lowest BCUT2D eigenvalue weighted by Crippen LogP contribution is -2.26. The zero-order chi connectivity index (χ0) is 14.1.